The Bertz CT molecular complexity index is 571. The van der Waals surface area contributed by atoms with Gasteiger partial charge < -0.3 is 20.9 Å². The summed E-state index contributed by atoms with van der Waals surface area (Å²) in [6.45, 7) is 3.78. The van der Waals surface area contributed by atoms with E-state index in [0.29, 0.717) is 23.5 Å². The fourth-order valence-corrected chi connectivity index (χ4v) is 1.92. The minimum Gasteiger partial charge on any atom is -0.465 e. The van der Waals surface area contributed by atoms with Crippen LogP contribution in [0.1, 0.15) is 26.7 Å². The molecule has 0 amide bonds. The number of nitrogens with two attached hydrogens (primary N) is 2. The molecule has 0 saturated carbocycles. The third kappa shape index (κ3) is 6.15. The number of nitrogens with one attached hydrogen (secondary N) is 1. The van der Waals surface area contributed by atoms with Crippen molar-refractivity contribution < 1.29 is 19.1 Å². The smallest absolute Gasteiger partial charge is 0.320 e. The number of rotatable bonds is 9. The largest absolute Gasteiger partial charge is 0.465 e. The van der Waals surface area contributed by atoms with E-state index in [1.165, 1.54) is 0 Å². The minimum atomic E-state index is -0.946. The Morgan fingerprint density at radius 2 is 1.83 bits per heavy atom. The molecular formula is C16H24N4O4. The van der Waals surface area contributed by atoms with Gasteiger partial charge in [0.05, 0.1) is 24.6 Å². The second-order valence-electron chi connectivity index (χ2n) is 4.90. The highest BCUT2D eigenvalue weighted by atomic mass is 16.6. The number of hydrazone groups is 1. The first-order chi connectivity index (χ1) is 11.5. The van der Waals surface area contributed by atoms with Crippen LogP contribution in [0.3, 0.4) is 0 Å². The maximum atomic E-state index is 11.8. The number of carbonyl (C=O) groups is 2. The Morgan fingerprint density at radius 3 is 2.38 bits per heavy atom. The van der Waals surface area contributed by atoms with Crippen LogP contribution in [0.4, 0.5) is 17.1 Å². The van der Waals surface area contributed by atoms with Crippen molar-refractivity contribution in [3.63, 3.8) is 0 Å². The Hall–Kier alpha value is -2.77. The topological polar surface area (TPSA) is 129 Å². The van der Waals surface area contributed by atoms with Gasteiger partial charge in [-0.15, -0.1) is 0 Å². The zero-order valence-corrected chi connectivity index (χ0v) is 14.0. The Labute approximate surface area is 141 Å². The van der Waals surface area contributed by atoms with Crippen LogP contribution in [0, 0.1) is 5.92 Å². The lowest BCUT2D eigenvalue weighted by atomic mass is 10.0. The van der Waals surface area contributed by atoms with Gasteiger partial charge >= 0.3 is 11.9 Å². The third-order valence-corrected chi connectivity index (χ3v) is 3.08. The van der Waals surface area contributed by atoms with Crippen molar-refractivity contribution in [3.8, 4) is 0 Å². The monoisotopic (exact) mass is 336 g/mol. The van der Waals surface area contributed by atoms with Gasteiger partial charge in [0.25, 0.3) is 0 Å². The molecule has 0 bridgehead atoms. The number of hydrogen-bond donors (Lipinski definition) is 3. The molecule has 0 aliphatic rings. The van der Waals surface area contributed by atoms with Gasteiger partial charge in [-0.1, -0.05) is 0 Å². The van der Waals surface area contributed by atoms with Gasteiger partial charge in [0.15, 0.2) is 5.92 Å². The molecule has 8 heteroatoms. The van der Waals surface area contributed by atoms with Gasteiger partial charge in [0.2, 0.25) is 0 Å². The summed E-state index contributed by atoms with van der Waals surface area (Å²) in [5.41, 5.74) is 15.8. The van der Waals surface area contributed by atoms with Crippen LogP contribution in [-0.4, -0.2) is 31.4 Å². The van der Waals surface area contributed by atoms with Gasteiger partial charge in [-0.2, -0.15) is 5.10 Å². The van der Waals surface area contributed by atoms with Crippen molar-refractivity contribution in [2.24, 2.45) is 11.0 Å². The fourth-order valence-electron chi connectivity index (χ4n) is 1.92. The summed E-state index contributed by atoms with van der Waals surface area (Å²) in [6.07, 6.45) is 2.20. The second-order valence-corrected chi connectivity index (χ2v) is 4.90. The molecule has 5 N–H and O–H groups in total. The molecule has 0 spiro atoms. The summed E-state index contributed by atoms with van der Waals surface area (Å²) in [5.74, 6) is -2.11. The lowest BCUT2D eigenvalue weighted by Gasteiger charge is -2.13. The lowest BCUT2D eigenvalue weighted by Crippen LogP contribution is -2.28. The Morgan fingerprint density at radius 1 is 1.21 bits per heavy atom. The van der Waals surface area contributed by atoms with Gasteiger partial charge in [-0.25, -0.2) is 0 Å². The van der Waals surface area contributed by atoms with E-state index in [-0.39, 0.29) is 19.6 Å². The highest BCUT2D eigenvalue weighted by Gasteiger charge is 2.28. The van der Waals surface area contributed by atoms with E-state index in [9.17, 15) is 9.59 Å². The van der Waals surface area contributed by atoms with Crippen molar-refractivity contribution in [3.05, 3.63) is 18.2 Å². The summed E-state index contributed by atoms with van der Waals surface area (Å²) in [6, 6.07) is 5.03. The Balaban J connectivity index is 2.54. The van der Waals surface area contributed by atoms with Crippen LogP contribution in [0.5, 0.6) is 0 Å². The molecule has 0 unspecified atom stereocenters. The van der Waals surface area contributed by atoms with E-state index < -0.39 is 17.9 Å². The zero-order chi connectivity index (χ0) is 17.9. The summed E-state index contributed by atoms with van der Waals surface area (Å²) in [7, 11) is 0. The first-order valence-corrected chi connectivity index (χ1v) is 7.75. The molecule has 0 atom stereocenters. The number of benzene rings is 1. The number of nitrogen functional groups attached to an aromatic ring is 2. The van der Waals surface area contributed by atoms with Crippen molar-refractivity contribution >= 4 is 35.2 Å². The predicted octanol–water partition coefficient (Wildman–Crippen LogP) is 1.77. The molecule has 0 heterocycles. The van der Waals surface area contributed by atoms with Gasteiger partial charge in [0.1, 0.15) is 0 Å². The van der Waals surface area contributed by atoms with Crippen molar-refractivity contribution in [1.82, 2.24) is 0 Å². The molecule has 0 saturated heterocycles. The summed E-state index contributed by atoms with van der Waals surface area (Å²) in [5, 5.41) is 4.01. The zero-order valence-electron chi connectivity index (χ0n) is 14.0. The molecule has 1 aromatic rings. The van der Waals surface area contributed by atoms with Crippen LogP contribution < -0.4 is 16.9 Å². The number of carbonyl (C=O) groups excluding carboxylic acids is 2. The molecule has 132 valence electrons. The molecule has 0 radical (unpaired) electrons. The molecule has 24 heavy (non-hydrogen) atoms. The lowest BCUT2D eigenvalue weighted by molar-refractivity contribution is -0.161. The Kier molecular flexibility index (Phi) is 8.10. The fraction of sp³-hybridized carbons (Fsp3) is 0.438. The maximum absolute atomic E-state index is 11.8. The van der Waals surface area contributed by atoms with Crippen LogP contribution >= 0.6 is 0 Å². The van der Waals surface area contributed by atoms with Crippen LogP contribution in [0.25, 0.3) is 0 Å². The molecule has 0 aromatic heterocycles. The molecule has 1 rings (SSSR count). The van der Waals surface area contributed by atoms with Crippen molar-refractivity contribution in [2.75, 3.05) is 30.1 Å². The molecular weight excluding hydrogens is 312 g/mol. The first kappa shape index (κ1) is 19.3. The predicted molar refractivity (Wildman–Crippen MR) is 93.4 cm³/mol. The average Bonchev–Trinajstić information content (AvgIpc) is 2.52. The van der Waals surface area contributed by atoms with Crippen molar-refractivity contribution in [1.29, 1.82) is 0 Å². The third-order valence-electron chi connectivity index (χ3n) is 3.08. The molecule has 1 aromatic carbocycles. The molecule has 0 aliphatic heterocycles. The maximum Gasteiger partial charge on any atom is 0.320 e. The van der Waals surface area contributed by atoms with E-state index in [2.05, 4.69) is 10.5 Å². The van der Waals surface area contributed by atoms with Gasteiger partial charge in [-0.05, 0) is 44.9 Å². The first-order valence-electron chi connectivity index (χ1n) is 7.75. The highest BCUT2D eigenvalue weighted by Crippen LogP contribution is 2.20. The normalized spacial score (nSPS) is 10.8. The van der Waals surface area contributed by atoms with E-state index in [1.54, 1.807) is 38.3 Å². The van der Waals surface area contributed by atoms with Gasteiger partial charge in [0, 0.05) is 11.9 Å². The molecule has 8 nitrogen and oxygen atoms in total. The standard InChI is InChI=1S/C16H24N4O4/c1-3-23-15(21)12(16(22)24-4-2)6-5-9-19-20-14-8-7-11(17)10-13(14)18/h7-10,12,20H,3-6,17-18H2,1-2H3/b19-9-. The number of ether oxygens (including phenoxy) is 2. The SMILES string of the molecule is CCOC(=O)C(CC/C=N\Nc1ccc(N)cc1N)C(=O)OCC. The summed E-state index contributed by atoms with van der Waals surface area (Å²) in [4.78, 5) is 23.6. The van der Waals surface area contributed by atoms with Gasteiger partial charge in [-0.3, -0.25) is 15.0 Å². The number of esters is 2. The highest BCUT2D eigenvalue weighted by molar-refractivity contribution is 5.95. The molecule has 0 aliphatic carbocycles. The number of nitrogens with zero attached hydrogens (tertiary/aromatic N) is 1. The quantitative estimate of drug-likeness (QED) is 0.206. The summed E-state index contributed by atoms with van der Waals surface area (Å²) < 4.78 is 9.79. The van der Waals surface area contributed by atoms with E-state index in [0.717, 1.165) is 0 Å². The molecule has 0 fully saturated rings. The van der Waals surface area contributed by atoms with Crippen molar-refractivity contribution in [2.45, 2.75) is 26.7 Å². The van der Waals surface area contributed by atoms with E-state index in [1.807, 2.05) is 0 Å². The average molecular weight is 336 g/mol. The van der Waals surface area contributed by atoms with Crippen LogP contribution in [0.2, 0.25) is 0 Å². The minimum absolute atomic E-state index is 0.209. The van der Waals surface area contributed by atoms with Crippen LogP contribution in [-0.2, 0) is 19.1 Å². The second kappa shape index (κ2) is 10.1. The number of anilines is 3. The number of hydrogen-bond acceptors (Lipinski definition) is 8. The summed E-state index contributed by atoms with van der Waals surface area (Å²) >= 11 is 0. The van der Waals surface area contributed by atoms with E-state index >= 15 is 0 Å². The van der Waals surface area contributed by atoms with Crippen LogP contribution in [0.15, 0.2) is 23.3 Å². The van der Waals surface area contributed by atoms with E-state index in [4.69, 9.17) is 20.9 Å².